The molecule has 2 nitrogen and oxygen atoms in total. The minimum Gasteiger partial charge on any atom is -0.278 e. The molecule has 1 aliphatic carbocycles. The molecular formula is C7H8N2. The molecule has 0 fully saturated rings. The van der Waals surface area contributed by atoms with Gasteiger partial charge in [-0.05, 0) is 5.92 Å². The van der Waals surface area contributed by atoms with Gasteiger partial charge in [-0.15, -0.1) is 0 Å². The van der Waals surface area contributed by atoms with Crippen LogP contribution in [0.4, 0.5) is 0 Å². The van der Waals surface area contributed by atoms with Crippen LogP contribution in [0.15, 0.2) is 6.20 Å². The second-order valence-corrected chi connectivity index (χ2v) is 2.43. The smallest absolute Gasteiger partial charge is 0.0613 e. The van der Waals surface area contributed by atoms with E-state index in [1.54, 1.807) is 0 Å². The Morgan fingerprint density at radius 2 is 2.44 bits per heavy atom. The summed E-state index contributed by atoms with van der Waals surface area (Å²) in [5.41, 5.74) is 0. The highest BCUT2D eigenvalue weighted by atomic mass is 15.1. The second kappa shape index (κ2) is 1.47. The van der Waals surface area contributed by atoms with Gasteiger partial charge in [0.05, 0.1) is 11.5 Å². The van der Waals surface area contributed by atoms with Crippen LogP contribution in [-0.4, -0.2) is 10.2 Å². The molecule has 1 aromatic heterocycles. The van der Waals surface area contributed by atoms with Crippen molar-refractivity contribution in [1.82, 2.24) is 10.2 Å². The van der Waals surface area contributed by atoms with Crippen LogP contribution in [-0.2, 0) is 0 Å². The van der Waals surface area contributed by atoms with E-state index in [0.717, 1.165) is 0 Å². The summed E-state index contributed by atoms with van der Waals surface area (Å²) in [7, 11) is 0. The van der Waals surface area contributed by atoms with Crippen LogP contribution in [0.5, 0.6) is 0 Å². The third-order valence-corrected chi connectivity index (χ3v) is 1.57. The van der Waals surface area contributed by atoms with Gasteiger partial charge in [0.25, 0.3) is 0 Å². The molecule has 2 heteroatoms. The van der Waals surface area contributed by atoms with E-state index in [9.17, 15) is 0 Å². The van der Waals surface area contributed by atoms with Gasteiger partial charge >= 0.3 is 0 Å². The number of H-pyrrole nitrogens is 1. The summed E-state index contributed by atoms with van der Waals surface area (Å²) in [6.07, 6.45) is 6.22. The highest BCUT2D eigenvalue weighted by Gasteiger charge is 2.00. The topological polar surface area (TPSA) is 28.7 Å². The molecule has 2 rings (SSSR count). The fourth-order valence-corrected chi connectivity index (χ4v) is 1.17. The van der Waals surface area contributed by atoms with Crippen molar-refractivity contribution < 1.29 is 0 Å². The maximum atomic E-state index is 3.89. The lowest BCUT2D eigenvalue weighted by molar-refractivity contribution is 1.03. The summed E-state index contributed by atoms with van der Waals surface area (Å²) >= 11 is 0. The standard InChI is InChI=1S/C7H8N2/c1-5-2-6-4-8-9-7(6)3-5/h2-5,9H,1H3. The van der Waals surface area contributed by atoms with Gasteiger partial charge in [-0.3, -0.25) is 5.10 Å². The van der Waals surface area contributed by atoms with Crippen molar-refractivity contribution in [3.05, 3.63) is 16.8 Å². The van der Waals surface area contributed by atoms with Crippen LogP contribution in [0.2, 0.25) is 0 Å². The molecule has 1 aromatic rings. The quantitative estimate of drug-likeness (QED) is 0.496. The zero-order valence-corrected chi connectivity index (χ0v) is 5.26. The first kappa shape index (κ1) is 4.79. The molecule has 1 N–H and O–H groups in total. The molecule has 0 radical (unpaired) electrons. The number of hydrogen-bond acceptors (Lipinski definition) is 1. The van der Waals surface area contributed by atoms with Crippen molar-refractivity contribution >= 4 is 12.2 Å². The number of aromatic nitrogens is 2. The van der Waals surface area contributed by atoms with Crippen LogP contribution in [0.3, 0.4) is 0 Å². The summed E-state index contributed by atoms with van der Waals surface area (Å²) in [6.45, 7) is 2.16. The molecule has 1 aliphatic rings. The third-order valence-electron chi connectivity index (χ3n) is 1.57. The molecule has 0 saturated carbocycles. The second-order valence-electron chi connectivity index (χ2n) is 2.43. The van der Waals surface area contributed by atoms with Crippen molar-refractivity contribution in [2.24, 2.45) is 5.92 Å². The normalized spacial score (nSPS) is 22.6. The average Bonchev–Trinajstić information content (AvgIpc) is 2.22. The Hall–Kier alpha value is -1.05. The minimum atomic E-state index is 0.578. The Balaban J connectivity index is 2.85. The van der Waals surface area contributed by atoms with Crippen molar-refractivity contribution in [2.75, 3.05) is 0 Å². The predicted octanol–water partition coefficient (Wildman–Crippen LogP) is -0.380. The fraction of sp³-hybridized carbons (Fsp3) is 0.286. The van der Waals surface area contributed by atoms with Crippen LogP contribution < -0.4 is 10.6 Å². The number of hydrogen-bond donors (Lipinski definition) is 1. The Morgan fingerprint density at radius 1 is 1.56 bits per heavy atom. The van der Waals surface area contributed by atoms with Gasteiger partial charge in [0, 0.05) is 5.22 Å². The van der Waals surface area contributed by atoms with Crippen LogP contribution in [0.25, 0.3) is 12.2 Å². The van der Waals surface area contributed by atoms with Gasteiger partial charge < -0.3 is 0 Å². The molecule has 46 valence electrons. The Bertz CT molecular complexity index is 290. The van der Waals surface area contributed by atoms with Crippen LogP contribution in [0.1, 0.15) is 6.92 Å². The number of nitrogens with one attached hydrogen (secondary N) is 1. The van der Waals surface area contributed by atoms with Gasteiger partial charge in [0.1, 0.15) is 0 Å². The maximum Gasteiger partial charge on any atom is 0.0613 e. The van der Waals surface area contributed by atoms with Crippen molar-refractivity contribution in [3.8, 4) is 0 Å². The van der Waals surface area contributed by atoms with Crippen LogP contribution in [0, 0.1) is 5.92 Å². The average molecular weight is 120 g/mol. The highest BCUT2D eigenvalue weighted by molar-refractivity contribution is 5.47. The monoisotopic (exact) mass is 120 g/mol. The molecular weight excluding hydrogens is 112 g/mol. The SMILES string of the molecule is CC1C=c2cn[nH]c2=C1. The van der Waals surface area contributed by atoms with Gasteiger partial charge in [-0.2, -0.15) is 5.10 Å². The maximum absolute atomic E-state index is 3.89. The first-order valence-corrected chi connectivity index (χ1v) is 3.09. The van der Waals surface area contributed by atoms with Gasteiger partial charge in [-0.25, -0.2) is 0 Å². The molecule has 0 spiro atoms. The zero-order chi connectivity index (χ0) is 6.27. The van der Waals surface area contributed by atoms with E-state index in [2.05, 4.69) is 29.3 Å². The summed E-state index contributed by atoms with van der Waals surface area (Å²) in [6, 6.07) is 0. The summed E-state index contributed by atoms with van der Waals surface area (Å²) in [5.74, 6) is 0.578. The fourth-order valence-electron chi connectivity index (χ4n) is 1.17. The molecule has 1 unspecified atom stereocenters. The van der Waals surface area contributed by atoms with E-state index in [4.69, 9.17) is 0 Å². The Kier molecular flexibility index (Phi) is 0.781. The van der Waals surface area contributed by atoms with E-state index in [-0.39, 0.29) is 0 Å². The third kappa shape index (κ3) is 0.593. The zero-order valence-electron chi connectivity index (χ0n) is 5.26. The van der Waals surface area contributed by atoms with E-state index in [1.165, 1.54) is 10.6 Å². The van der Waals surface area contributed by atoms with Gasteiger partial charge in [-0.1, -0.05) is 19.1 Å². The van der Waals surface area contributed by atoms with Gasteiger partial charge in [0.2, 0.25) is 0 Å². The largest absolute Gasteiger partial charge is 0.278 e. The lowest BCUT2D eigenvalue weighted by atomic mass is 10.2. The summed E-state index contributed by atoms with van der Waals surface area (Å²) in [4.78, 5) is 0. The number of rotatable bonds is 0. The first-order chi connectivity index (χ1) is 4.36. The molecule has 9 heavy (non-hydrogen) atoms. The number of aromatic amines is 1. The molecule has 0 amide bonds. The Labute approximate surface area is 52.9 Å². The molecule has 0 saturated heterocycles. The van der Waals surface area contributed by atoms with Gasteiger partial charge in [0.15, 0.2) is 0 Å². The van der Waals surface area contributed by atoms with Crippen molar-refractivity contribution in [3.63, 3.8) is 0 Å². The number of nitrogens with zero attached hydrogens (tertiary/aromatic N) is 1. The van der Waals surface area contributed by atoms with Crippen molar-refractivity contribution in [2.45, 2.75) is 6.92 Å². The predicted molar refractivity (Wildman–Crippen MR) is 35.9 cm³/mol. The van der Waals surface area contributed by atoms with E-state index in [0.29, 0.717) is 5.92 Å². The summed E-state index contributed by atoms with van der Waals surface area (Å²) < 4.78 is 0. The van der Waals surface area contributed by atoms with E-state index >= 15 is 0 Å². The molecule has 0 aliphatic heterocycles. The van der Waals surface area contributed by atoms with E-state index < -0.39 is 0 Å². The number of fused-ring (bicyclic) bond motifs is 1. The summed E-state index contributed by atoms with van der Waals surface area (Å²) in [5, 5.41) is 9.21. The Morgan fingerprint density at radius 3 is 3.22 bits per heavy atom. The lowest BCUT2D eigenvalue weighted by Gasteiger charge is -1.85. The molecule has 1 atom stereocenters. The van der Waals surface area contributed by atoms with Crippen LogP contribution >= 0.6 is 0 Å². The van der Waals surface area contributed by atoms with E-state index in [1.807, 2.05) is 6.20 Å². The first-order valence-electron chi connectivity index (χ1n) is 3.09. The molecule has 1 heterocycles. The minimum absolute atomic E-state index is 0.578. The highest BCUT2D eigenvalue weighted by Crippen LogP contribution is 1.99. The van der Waals surface area contributed by atoms with Crippen molar-refractivity contribution in [1.29, 1.82) is 0 Å². The lowest BCUT2D eigenvalue weighted by Crippen LogP contribution is -2.17. The molecule has 0 aromatic carbocycles. The molecule has 0 bridgehead atoms.